The maximum Gasteiger partial charge on any atom is 0.334 e. The van der Waals surface area contributed by atoms with E-state index in [1.54, 1.807) is 0 Å². The number of nitrogens with zero attached hydrogens (tertiary/aromatic N) is 4. The summed E-state index contributed by atoms with van der Waals surface area (Å²) < 4.78 is 6.67. The Labute approximate surface area is 161 Å². The lowest BCUT2D eigenvalue weighted by Gasteiger charge is -2.43. The second-order valence-electron chi connectivity index (χ2n) is 7.71. The summed E-state index contributed by atoms with van der Waals surface area (Å²) in [7, 11) is 0. The highest BCUT2D eigenvalue weighted by molar-refractivity contribution is 5.84. The molecule has 0 spiro atoms. The fourth-order valence-electron chi connectivity index (χ4n) is 4.13. The van der Waals surface area contributed by atoms with Gasteiger partial charge in [0.25, 0.3) is 5.56 Å². The first-order valence-corrected chi connectivity index (χ1v) is 9.84. The van der Waals surface area contributed by atoms with Crippen molar-refractivity contribution in [2.75, 3.05) is 26.2 Å². The molecule has 1 saturated carbocycles. The molecule has 0 atom stereocenters. The molecule has 0 unspecified atom stereocenters. The molecule has 3 aromatic rings. The van der Waals surface area contributed by atoms with Gasteiger partial charge in [-0.05, 0) is 30.5 Å². The maximum atomic E-state index is 12.1. The first-order chi connectivity index (χ1) is 13.7. The van der Waals surface area contributed by atoms with Gasteiger partial charge >= 0.3 is 5.69 Å². The van der Waals surface area contributed by atoms with Crippen LogP contribution >= 0.6 is 0 Å². The van der Waals surface area contributed by atoms with Gasteiger partial charge in [0.2, 0.25) is 0 Å². The summed E-state index contributed by atoms with van der Waals surface area (Å²) in [5.41, 5.74) is 0.814. The molecule has 0 radical (unpaired) electrons. The van der Waals surface area contributed by atoms with Crippen LogP contribution in [0, 0.1) is 0 Å². The van der Waals surface area contributed by atoms with Crippen LogP contribution in [0.1, 0.15) is 24.8 Å². The predicted molar refractivity (Wildman–Crippen MR) is 105 cm³/mol. The van der Waals surface area contributed by atoms with E-state index in [1.807, 2.05) is 18.2 Å². The van der Waals surface area contributed by atoms with Crippen LogP contribution in [-0.2, 0) is 6.54 Å². The van der Waals surface area contributed by atoms with Crippen LogP contribution in [0.4, 0.5) is 0 Å². The largest absolute Gasteiger partial charge is 0.354 e. The van der Waals surface area contributed by atoms with E-state index in [2.05, 4.69) is 19.9 Å². The third-order valence-electron chi connectivity index (χ3n) is 5.97. The fraction of sp³-hybridized carbons (Fsp3) is 0.450. The first kappa shape index (κ1) is 17.4. The van der Waals surface area contributed by atoms with Gasteiger partial charge in [-0.15, -0.1) is 0 Å². The number of benzene rings is 1. The lowest BCUT2D eigenvalue weighted by Crippen LogP contribution is -2.51. The number of rotatable bonds is 4. The van der Waals surface area contributed by atoms with Crippen LogP contribution in [-0.4, -0.2) is 56.7 Å². The molecular formula is C20H23N5O3. The molecule has 8 heteroatoms. The van der Waals surface area contributed by atoms with E-state index in [0.717, 1.165) is 49.7 Å². The highest BCUT2D eigenvalue weighted by Crippen LogP contribution is 2.26. The van der Waals surface area contributed by atoms with Crippen molar-refractivity contribution in [3.8, 4) is 5.82 Å². The molecule has 1 aliphatic carbocycles. The van der Waals surface area contributed by atoms with Crippen molar-refractivity contribution in [1.82, 2.24) is 24.5 Å². The van der Waals surface area contributed by atoms with Gasteiger partial charge in [-0.25, -0.2) is 9.36 Å². The summed E-state index contributed by atoms with van der Waals surface area (Å²) in [6.45, 7) is 5.28. The smallest absolute Gasteiger partial charge is 0.334 e. The summed E-state index contributed by atoms with van der Waals surface area (Å²) in [4.78, 5) is 30.8. The molecule has 146 valence electrons. The number of piperazine rings is 1. The molecule has 28 heavy (non-hydrogen) atoms. The monoisotopic (exact) mass is 381 g/mol. The van der Waals surface area contributed by atoms with Gasteiger partial charge in [0.1, 0.15) is 0 Å². The molecule has 2 aliphatic rings. The number of aromatic nitrogens is 3. The number of aromatic amines is 1. The highest BCUT2D eigenvalue weighted by atomic mass is 16.5. The minimum atomic E-state index is -0.528. The minimum Gasteiger partial charge on any atom is -0.354 e. The molecule has 1 aromatic carbocycles. The van der Waals surface area contributed by atoms with E-state index in [9.17, 15) is 9.59 Å². The molecule has 5 rings (SSSR count). The highest BCUT2D eigenvalue weighted by Gasteiger charge is 2.27. The molecular weight excluding hydrogens is 358 g/mol. The fourth-order valence-corrected chi connectivity index (χ4v) is 4.13. The summed E-state index contributed by atoms with van der Waals surface area (Å²) in [6, 6.07) is 8.08. The van der Waals surface area contributed by atoms with Crippen molar-refractivity contribution in [3.05, 3.63) is 56.9 Å². The van der Waals surface area contributed by atoms with Crippen LogP contribution < -0.4 is 11.2 Å². The molecule has 1 aliphatic heterocycles. The van der Waals surface area contributed by atoms with Gasteiger partial charge in [0.15, 0.2) is 11.4 Å². The summed E-state index contributed by atoms with van der Waals surface area (Å²) in [6.07, 6.45) is 5.52. The Morgan fingerprint density at radius 2 is 1.93 bits per heavy atom. The average molecular weight is 381 g/mol. The molecule has 8 nitrogen and oxygen atoms in total. The Bertz CT molecular complexity index is 1100. The second kappa shape index (κ2) is 7.03. The number of hydrogen-bond acceptors (Lipinski definition) is 6. The number of fused-ring (bicyclic) bond motifs is 1. The van der Waals surface area contributed by atoms with E-state index in [0.29, 0.717) is 11.4 Å². The number of nitrogens with one attached hydrogen (secondary N) is 1. The van der Waals surface area contributed by atoms with Gasteiger partial charge in [-0.2, -0.15) is 0 Å². The molecule has 1 saturated heterocycles. The van der Waals surface area contributed by atoms with Gasteiger partial charge in [0, 0.05) is 51.0 Å². The van der Waals surface area contributed by atoms with Crippen LogP contribution in [0.25, 0.3) is 16.8 Å². The van der Waals surface area contributed by atoms with Gasteiger partial charge in [-0.3, -0.25) is 19.6 Å². The third kappa shape index (κ3) is 3.18. The second-order valence-corrected chi connectivity index (χ2v) is 7.71. The zero-order valence-electron chi connectivity index (χ0n) is 15.6. The van der Waals surface area contributed by atoms with Gasteiger partial charge in [-0.1, -0.05) is 17.6 Å². The Morgan fingerprint density at radius 3 is 2.64 bits per heavy atom. The SMILES string of the molecule is O=c1ccn(-c2noc3ccc(CN4CCN(C5CCC5)CC4)cc23)c(=O)[nH]1. The molecule has 0 amide bonds. The molecule has 1 N–H and O–H groups in total. The molecule has 2 aromatic heterocycles. The van der Waals surface area contributed by atoms with Crippen molar-refractivity contribution in [2.45, 2.75) is 31.8 Å². The summed E-state index contributed by atoms with van der Waals surface area (Å²) in [5, 5.41) is 4.80. The standard InChI is InChI=1S/C20H23N5O3/c26-18-6-7-25(20(27)21-18)19-16-12-14(4-5-17(16)28-22-19)13-23-8-10-24(11-9-23)15-2-1-3-15/h4-7,12,15H,1-3,8-11,13H2,(H,21,26,27). The average Bonchev–Trinajstić information content (AvgIpc) is 3.05. The predicted octanol–water partition coefficient (Wildman–Crippen LogP) is 1.34. The van der Waals surface area contributed by atoms with Crippen LogP contribution in [0.2, 0.25) is 0 Å². The zero-order chi connectivity index (χ0) is 19.1. The lowest BCUT2D eigenvalue weighted by atomic mass is 9.91. The maximum absolute atomic E-state index is 12.1. The summed E-state index contributed by atoms with van der Waals surface area (Å²) in [5.74, 6) is 0.396. The molecule has 3 heterocycles. The zero-order valence-corrected chi connectivity index (χ0v) is 15.6. The normalized spacial score (nSPS) is 19.1. The number of H-pyrrole nitrogens is 1. The van der Waals surface area contributed by atoms with Crippen molar-refractivity contribution in [1.29, 1.82) is 0 Å². The van der Waals surface area contributed by atoms with Crippen molar-refractivity contribution in [2.24, 2.45) is 0 Å². The van der Waals surface area contributed by atoms with Crippen molar-refractivity contribution < 1.29 is 4.52 Å². The quantitative estimate of drug-likeness (QED) is 0.734. The van der Waals surface area contributed by atoms with Gasteiger partial charge in [0.05, 0.1) is 5.39 Å². The summed E-state index contributed by atoms with van der Waals surface area (Å²) >= 11 is 0. The first-order valence-electron chi connectivity index (χ1n) is 9.84. The van der Waals surface area contributed by atoms with E-state index < -0.39 is 11.2 Å². The topological polar surface area (TPSA) is 87.4 Å². The van der Waals surface area contributed by atoms with E-state index in [1.165, 1.54) is 36.1 Å². The Kier molecular flexibility index (Phi) is 4.37. The van der Waals surface area contributed by atoms with Gasteiger partial charge < -0.3 is 4.52 Å². The van der Waals surface area contributed by atoms with Crippen LogP contribution in [0.15, 0.2) is 44.6 Å². The Hall–Kier alpha value is -2.71. The van der Waals surface area contributed by atoms with E-state index >= 15 is 0 Å². The van der Waals surface area contributed by atoms with E-state index in [4.69, 9.17) is 4.52 Å². The third-order valence-corrected chi connectivity index (χ3v) is 5.97. The van der Waals surface area contributed by atoms with Crippen LogP contribution in [0.3, 0.4) is 0 Å². The van der Waals surface area contributed by atoms with Crippen molar-refractivity contribution in [3.63, 3.8) is 0 Å². The Morgan fingerprint density at radius 1 is 1.11 bits per heavy atom. The lowest BCUT2D eigenvalue weighted by molar-refractivity contribution is 0.0587. The van der Waals surface area contributed by atoms with Crippen molar-refractivity contribution >= 4 is 11.0 Å². The molecule has 0 bridgehead atoms. The van der Waals surface area contributed by atoms with Crippen LogP contribution in [0.5, 0.6) is 0 Å². The minimum absolute atomic E-state index is 0.396. The number of hydrogen-bond donors (Lipinski definition) is 1. The molecule has 2 fully saturated rings. The van der Waals surface area contributed by atoms with E-state index in [-0.39, 0.29) is 0 Å². The Balaban J connectivity index is 1.36.